The number of nitrogens with zero attached hydrogens (tertiary/aromatic N) is 1. The van der Waals surface area contributed by atoms with Gasteiger partial charge in [-0.25, -0.2) is 4.98 Å². The van der Waals surface area contributed by atoms with Crippen LogP contribution in [0.2, 0.25) is 5.02 Å². The minimum Gasteiger partial charge on any atom is -0.381 e. The Kier molecular flexibility index (Phi) is 4.21. The molecule has 0 aliphatic heterocycles. The van der Waals surface area contributed by atoms with Gasteiger partial charge in [0.05, 0.1) is 10.2 Å². The molecule has 2 aromatic rings. The van der Waals surface area contributed by atoms with Crippen molar-refractivity contribution in [2.75, 3.05) is 25.1 Å². The van der Waals surface area contributed by atoms with Gasteiger partial charge in [-0.2, -0.15) is 0 Å². The number of benzene rings is 1. The van der Waals surface area contributed by atoms with E-state index in [0.29, 0.717) is 0 Å². The summed E-state index contributed by atoms with van der Waals surface area (Å²) in [5, 5.41) is 5.03. The monoisotopic (exact) mass is 296 g/mol. The molecule has 1 aliphatic rings. The van der Waals surface area contributed by atoms with Gasteiger partial charge in [-0.15, -0.1) is 0 Å². The van der Waals surface area contributed by atoms with Gasteiger partial charge in [0, 0.05) is 24.8 Å². The number of ether oxygens (including phenoxy) is 1. The largest absolute Gasteiger partial charge is 0.381 e. The number of anilines is 1. The van der Waals surface area contributed by atoms with Gasteiger partial charge in [0.25, 0.3) is 0 Å². The van der Waals surface area contributed by atoms with E-state index in [2.05, 4.69) is 10.3 Å². The highest BCUT2D eigenvalue weighted by molar-refractivity contribution is 7.22. The van der Waals surface area contributed by atoms with E-state index >= 15 is 0 Å². The molecule has 19 heavy (non-hydrogen) atoms. The first kappa shape index (κ1) is 13.2. The fourth-order valence-corrected chi connectivity index (χ4v) is 2.92. The Morgan fingerprint density at radius 1 is 1.42 bits per heavy atom. The van der Waals surface area contributed by atoms with E-state index in [1.54, 1.807) is 11.3 Å². The normalized spacial score (nSPS) is 15.0. The van der Waals surface area contributed by atoms with E-state index in [0.717, 1.165) is 52.5 Å². The molecule has 0 saturated heterocycles. The average Bonchev–Trinajstić information content (AvgIpc) is 3.13. The van der Waals surface area contributed by atoms with Crippen LogP contribution in [0.1, 0.15) is 19.3 Å². The van der Waals surface area contributed by atoms with Gasteiger partial charge >= 0.3 is 0 Å². The lowest BCUT2D eigenvalue weighted by Gasteiger charge is -2.03. The average molecular weight is 297 g/mol. The van der Waals surface area contributed by atoms with Crippen LogP contribution in [0.3, 0.4) is 0 Å². The molecule has 0 bridgehead atoms. The number of aromatic nitrogens is 1. The van der Waals surface area contributed by atoms with E-state index in [1.807, 2.05) is 18.2 Å². The van der Waals surface area contributed by atoms with Gasteiger partial charge in [0.2, 0.25) is 0 Å². The second-order valence-corrected chi connectivity index (χ2v) is 6.40. The molecule has 1 N–H and O–H groups in total. The fourth-order valence-electron chi connectivity index (χ4n) is 1.88. The standard InChI is InChI=1S/C14H17ClN2OS/c15-11-4-5-13-12(8-11)17-14(19-13)16-6-1-7-18-9-10-2-3-10/h4-5,8,10H,1-3,6-7,9H2,(H,16,17). The molecule has 1 saturated carbocycles. The molecule has 1 aromatic carbocycles. The Labute approximate surface area is 121 Å². The van der Waals surface area contributed by atoms with Crippen LogP contribution >= 0.6 is 22.9 Å². The van der Waals surface area contributed by atoms with Crippen LogP contribution in [-0.2, 0) is 4.74 Å². The number of hydrogen-bond donors (Lipinski definition) is 1. The number of nitrogens with one attached hydrogen (secondary N) is 1. The topological polar surface area (TPSA) is 34.1 Å². The summed E-state index contributed by atoms with van der Waals surface area (Å²) in [6, 6.07) is 5.81. The summed E-state index contributed by atoms with van der Waals surface area (Å²) >= 11 is 7.61. The quantitative estimate of drug-likeness (QED) is 0.778. The zero-order valence-electron chi connectivity index (χ0n) is 10.7. The zero-order chi connectivity index (χ0) is 13.1. The third kappa shape index (κ3) is 3.81. The number of hydrogen-bond acceptors (Lipinski definition) is 4. The van der Waals surface area contributed by atoms with Crippen molar-refractivity contribution in [3.05, 3.63) is 23.2 Å². The predicted octanol–water partition coefficient (Wildman–Crippen LogP) is 4.18. The van der Waals surface area contributed by atoms with E-state index < -0.39 is 0 Å². The molecule has 1 heterocycles. The van der Waals surface area contributed by atoms with Crippen molar-refractivity contribution in [3.8, 4) is 0 Å². The van der Waals surface area contributed by atoms with Crippen molar-refractivity contribution < 1.29 is 4.74 Å². The van der Waals surface area contributed by atoms with E-state index in [9.17, 15) is 0 Å². The minimum atomic E-state index is 0.734. The summed E-state index contributed by atoms with van der Waals surface area (Å²) in [5.74, 6) is 0.849. The molecule has 0 spiro atoms. The molecular formula is C14H17ClN2OS. The van der Waals surface area contributed by atoms with Crippen LogP contribution in [0.5, 0.6) is 0 Å². The molecule has 5 heteroatoms. The third-order valence-corrected chi connectivity index (χ3v) is 4.37. The Hall–Kier alpha value is -0.840. The second kappa shape index (κ2) is 6.07. The van der Waals surface area contributed by atoms with Crippen LogP contribution in [-0.4, -0.2) is 24.7 Å². The number of thiazole rings is 1. The fraction of sp³-hybridized carbons (Fsp3) is 0.500. The summed E-state index contributed by atoms with van der Waals surface area (Å²) in [6.45, 7) is 2.68. The Morgan fingerprint density at radius 2 is 2.32 bits per heavy atom. The van der Waals surface area contributed by atoms with Crippen molar-refractivity contribution in [1.29, 1.82) is 0 Å². The molecule has 0 amide bonds. The first-order valence-electron chi connectivity index (χ1n) is 6.69. The Morgan fingerprint density at radius 3 is 3.16 bits per heavy atom. The van der Waals surface area contributed by atoms with E-state index in [-0.39, 0.29) is 0 Å². The first-order chi connectivity index (χ1) is 9.31. The van der Waals surface area contributed by atoms with Gasteiger partial charge in [-0.3, -0.25) is 0 Å². The van der Waals surface area contributed by atoms with Crippen LogP contribution in [0.4, 0.5) is 5.13 Å². The molecular weight excluding hydrogens is 280 g/mol. The van der Waals surface area contributed by atoms with Crippen LogP contribution in [0, 0.1) is 5.92 Å². The molecule has 102 valence electrons. The van der Waals surface area contributed by atoms with Crippen molar-refractivity contribution in [1.82, 2.24) is 4.98 Å². The Balaban J connectivity index is 1.42. The molecule has 3 rings (SSSR count). The molecule has 1 aromatic heterocycles. The van der Waals surface area contributed by atoms with Crippen LogP contribution in [0.15, 0.2) is 18.2 Å². The lowest BCUT2D eigenvalue weighted by atomic mass is 10.3. The predicted molar refractivity (Wildman–Crippen MR) is 81.3 cm³/mol. The lowest BCUT2D eigenvalue weighted by Crippen LogP contribution is -2.06. The van der Waals surface area contributed by atoms with Gasteiger partial charge in [0.1, 0.15) is 0 Å². The van der Waals surface area contributed by atoms with Crippen molar-refractivity contribution in [3.63, 3.8) is 0 Å². The minimum absolute atomic E-state index is 0.734. The molecule has 0 unspecified atom stereocenters. The van der Waals surface area contributed by atoms with E-state index in [1.165, 1.54) is 12.8 Å². The highest BCUT2D eigenvalue weighted by Crippen LogP contribution is 2.29. The second-order valence-electron chi connectivity index (χ2n) is 4.93. The summed E-state index contributed by atoms with van der Waals surface area (Å²) in [6.07, 6.45) is 3.72. The molecule has 1 fully saturated rings. The zero-order valence-corrected chi connectivity index (χ0v) is 12.3. The van der Waals surface area contributed by atoms with E-state index in [4.69, 9.17) is 16.3 Å². The van der Waals surface area contributed by atoms with Crippen molar-refractivity contribution in [2.24, 2.45) is 5.92 Å². The summed E-state index contributed by atoms with van der Waals surface area (Å²) in [4.78, 5) is 4.51. The molecule has 1 aliphatic carbocycles. The van der Waals surface area contributed by atoms with Gasteiger partial charge in [-0.05, 0) is 43.4 Å². The van der Waals surface area contributed by atoms with Gasteiger partial charge in [-0.1, -0.05) is 22.9 Å². The maximum atomic E-state index is 5.95. The smallest absolute Gasteiger partial charge is 0.183 e. The molecule has 0 radical (unpaired) electrons. The number of halogens is 1. The van der Waals surface area contributed by atoms with Gasteiger partial charge in [0.15, 0.2) is 5.13 Å². The summed E-state index contributed by atoms with van der Waals surface area (Å²) in [5.41, 5.74) is 0.963. The van der Waals surface area contributed by atoms with Crippen LogP contribution < -0.4 is 5.32 Å². The molecule has 3 nitrogen and oxygen atoms in total. The lowest BCUT2D eigenvalue weighted by molar-refractivity contribution is 0.124. The van der Waals surface area contributed by atoms with Gasteiger partial charge < -0.3 is 10.1 Å². The van der Waals surface area contributed by atoms with Crippen molar-refractivity contribution in [2.45, 2.75) is 19.3 Å². The maximum absolute atomic E-state index is 5.95. The summed E-state index contributed by atoms with van der Waals surface area (Å²) in [7, 11) is 0. The van der Waals surface area contributed by atoms with Crippen LogP contribution in [0.25, 0.3) is 10.2 Å². The molecule has 0 atom stereocenters. The Bertz CT molecular complexity index is 553. The highest BCUT2D eigenvalue weighted by atomic mass is 35.5. The number of fused-ring (bicyclic) bond motifs is 1. The summed E-state index contributed by atoms with van der Waals surface area (Å²) < 4.78 is 6.76. The maximum Gasteiger partial charge on any atom is 0.183 e. The first-order valence-corrected chi connectivity index (χ1v) is 7.88. The van der Waals surface area contributed by atoms with Crippen molar-refractivity contribution >= 4 is 38.3 Å². The number of rotatable bonds is 7. The third-order valence-electron chi connectivity index (χ3n) is 3.14. The SMILES string of the molecule is Clc1ccc2sc(NCCCOCC3CC3)nc2c1. The highest BCUT2D eigenvalue weighted by Gasteiger charge is 2.20.